The van der Waals surface area contributed by atoms with E-state index < -0.39 is 12.4 Å². The van der Waals surface area contributed by atoms with Gasteiger partial charge in [0.15, 0.2) is 11.0 Å². The first-order valence-corrected chi connectivity index (χ1v) is 13.8. The van der Waals surface area contributed by atoms with Crippen LogP contribution in [-0.2, 0) is 4.79 Å². The van der Waals surface area contributed by atoms with Crippen LogP contribution in [0.15, 0.2) is 78.0 Å². The number of urea groups is 1. The fourth-order valence-corrected chi connectivity index (χ4v) is 5.21. The Morgan fingerprint density at radius 2 is 1.83 bits per heavy atom. The van der Waals surface area contributed by atoms with Gasteiger partial charge in [0, 0.05) is 11.3 Å². The van der Waals surface area contributed by atoms with E-state index >= 15 is 0 Å². The summed E-state index contributed by atoms with van der Waals surface area (Å²) in [6, 6.07) is 17.4. The molecule has 1 N–H and O–H groups in total. The van der Waals surface area contributed by atoms with Gasteiger partial charge in [-0.05, 0) is 72.5 Å². The summed E-state index contributed by atoms with van der Waals surface area (Å²) in [6.45, 7) is 5.88. The molecule has 0 aliphatic carbocycles. The molecule has 4 aromatic rings. The Bertz CT molecular complexity index is 1670. The number of carbonyl (C=O) groups excluding carboxylic acids is 2. The molecule has 0 saturated carbocycles. The Balaban J connectivity index is 1.30. The number of hydrogen-bond donors (Lipinski definition) is 1. The number of hydrogen-bond acceptors (Lipinski definition) is 6. The predicted molar refractivity (Wildman–Crippen MR) is 155 cm³/mol. The number of carbonyl (C=O) groups is 2. The van der Waals surface area contributed by atoms with Gasteiger partial charge in [-0.15, -0.1) is 18.3 Å². The van der Waals surface area contributed by atoms with Crippen molar-refractivity contribution < 1.29 is 27.5 Å². The lowest BCUT2D eigenvalue weighted by molar-refractivity contribution is -0.274. The van der Waals surface area contributed by atoms with Crippen LogP contribution < -0.4 is 15.0 Å². The highest BCUT2D eigenvalue weighted by Gasteiger charge is 2.32. The molecule has 9 nitrogen and oxygen atoms in total. The van der Waals surface area contributed by atoms with Crippen molar-refractivity contribution in [3.8, 4) is 22.8 Å². The number of aryl methyl sites for hydroxylation is 1. The lowest BCUT2D eigenvalue weighted by Crippen LogP contribution is -2.31. The monoisotopic (exact) mass is 594 g/mol. The average Bonchev–Trinajstić information content (AvgIpc) is 3.56. The van der Waals surface area contributed by atoms with E-state index in [0.29, 0.717) is 33.6 Å². The minimum atomic E-state index is -4.77. The van der Waals surface area contributed by atoms with Gasteiger partial charge in [-0.1, -0.05) is 43.8 Å². The third kappa shape index (κ3) is 6.46. The Labute approximate surface area is 243 Å². The third-order valence-electron chi connectivity index (χ3n) is 6.32. The van der Waals surface area contributed by atoms with Crippen molar-refractivity contribution in [1.82, 2.24) is 14.8 Å². The molecule has 2 heterocycles. The molecule has 216 valence electrons. The minimum Gasteiger partial charge on any atom is -0.406 e. The largest absolute Gasteiger partial charge is 0.573 e. The van der Waals surface area contributed by atoms with E-state index in [1.54, 1.807) is 18.2 Å². The summed E-state index contributed by atoms with van der Waals surface area (Å²) in [6.07, 6.45) is -3.33. The first-order chi connectivity index (χ1) is 20.0. The van der Waals surface area contributed by atoms with Gasteiger partial charge < -0.3 is 10.1 Å². The summed E-state index contributed by atoms with van der Waals surface area (Å²) >= 11 is 1.21. The van der Waals surface area contributed by atoms with Crippen LogP contribution in [0.2, 0.25) is 0 Å². The number of aromatic nitrogens is 3. The van der Waals surface area contributed by atoms with E-state index in [1.165, 1.54) is 51.9 Å². The number of amidine groups is 1. The van der Waals surface area contributed by atoms with E-state index in [-0.39, 0.29) is 23.3 Å². The normalized spacial score (nSPS) is 14.6. The quantitative estimate of drug-likeness (QED) is 0.260. The molecule has 42 heavy (non-hydrogen) atoms. The first kappa shape index (κ1) is 28.9. The number of alkyl halides is 3. The van der Waals surface area contributed by atoms with E-state index in [2.05, 4.69) is 25.1 Å². The van der Waals surface area contributed by atoms with Crippen LogP contribution >= 0.6 is 11.8 Å². The van der Waals surface area contributed by atoms with Crippen LogP contribution in [0.1, 0.15) is 30.9 Å². The van der Waals surface area contributed by atoms with Crippen molar-refractivity contribution in [1.29, 1.82) is 0 Å². The zero-order valence-electron chi connectivity index (χ0n) is 22.7. The van der Waals surface area contributed by atoms with Gasteiger partial charge in [-0.2, -0.15) is 4.99 Å². The summed E-state index contributed by atoms with van der Waals surface area (Å²) in [4.78, 5) is 35.6. The van der Waals surface area contributed by atoms with E-state index in [9.17, 15) is 22.8 Å². The van der Waals surface area contributed by atoms with Crippen molar-refractivity contribution in [3.05, 3.63) is 84.2 Å². The van der Waals surface area contributed by atoms with Gasteiger partial charge >= 0.3 is 12.4 Å². The molecule has 0 spiro atoms. The maximum Gasteiger partial charge on any atom is 0.573 e. The number of anilines is 2. The van der Waals surface area contributed by atoms with Crippen molar-refractivity contribution in [2.45, 2.75) is 33.1 Å². The number of benzene rings is 3. The van der Waals surface area contributed by atoms with Gasteiger partial charge in [0.05, 0.1) is 17.1 Å². The Hall–Kier alpha value is -4.65. The Kier molecular flexibility index (Phi) is 8.03. The fourth-order valence-electron chi connectivity index (χ4n) is 4.35. The zero-order chi connectivity index (χ0) is 30.0. The molecule has 13 heteroatoms. The molecule has 0 radical (unpaired) electrons. The molecule has 5 rings (SSSR count). The standard InChI is InChI=1S/C29H25F3N6O3S/c1-17(2)22-6-4-5-7-24(22)38-25(39)15-42-28(38)35-27(40)34-23-13-8-19(14-18(23)3)26-33-16-37(36-26)20-9-11-21(12-10-20)41-29(30,31)32/h4-14,16-17H,15H2,1-3H3,(H,34,40)/b35-28-. The van der Waals surface area contributed by atoms with Crippen LogP contribution in [0.3, 0.4) is 0 Å². The molecule has 0 unspecified atom stereocenters. The maximum absolute atomic E-state index is 12.9. The van der Waals surface area contributed by atoms with Crippen LogP contribution in [0.4, 0.5) is 29.3 Å². The lowest BCUT2D eigenvalue weighted by Gasteiger charge is -2.21. The van der Waals surface area contributed by atoms with Gasteiger partial charge in [-0.3, -0.25) is 9.69 Å². The number of aliphatic imine (C=N–C) groups is 1. The van der Waals surface area contributed by atoms with E-state index in [4.69, 9.17) is 0 Å². The Morgan fingerprint density at radius 3 is 2.52 bits per heavy atom. The summed E-state index contributed by atoms with van der Waals surface area (Å²) in [5.41, 5.74) is 4.11. The summed E-state index contributed by atoms with van der Waals surface area (Å²) in [5.74, 6) is 0.272. The van der Waals surface area contributed by atoms with Gasteiger partial charge in [0.2, 0.25) is 5.91 Å². The molecule has 1 fully saturated rings. The molecule has 0 atom stereocenters. The molecule has 1 aromatic heterocycles. The van der Waals surface area contributed by atoms with Crippen LogP contribution in [0, 0.1) is 6.92 Å². The molecule has 1 aliphatic rings. The number of halogens is 3. The molecule has 3 aromatic carbocycles. The molecule has 1 saturated heterocycles. The van der Waals surface area contributed by atoms with E-state index in [0.717, 1.165) is 11.1 Å². The van der Waals surface area contributed by atoms with Crippen molar-refractivity contribution in [3.63, 3.8) is 0 Å². The second-order valence-electron chi connectivity index (χ2n) is 9.64. The summed E-state index contributed by atoms with van der Waals surface area (Å²) < 4.78 is 42.6. The average molecular weight is 595 g/mol. The number of nitrogens with zero attached hydrogens (tertiary/aromatic N) is 5. The number of nitrogens with one attached hydrogen (secondary N) is 1. The zero-order valence-corrected chi connectivity index (χ0v) is 23.5. The van der Waals surface area contributed by atoms with Gasteiger partial charge in [0.25, 0.3) is 0 Å². The van der Waals surface area contributed by atoms with Gasteiger partial charge in [0.1, 0.15) is 12.1 Å². The van der Waals surface area contributed by atoms with Crippen molar-refractivity contribution in [2.75, 3.05) is 16.0 Å². The smallest absolute Gasteiger partial charge is 0.406 e. The van der Waals surface area contributed by atoms with E-state index in [1.807, 2.05) is 45.0 Å². The number of thioether (sulfide) groups is 1. The van der Waals surface area contributed by atoms with Crippen LogP contribution in [-0.4, -0.2) is 44.0 Å². The molecule has 1 aliphatic heterocycles. The number of para-hydroxylation sites is 1. The molecular weight excluding hydrogens is 569 g/mol. The minimum absolute atomic E-state index is 0.141. The fraction of sp³-hybridized carbons (Fsp3) is 0.207. The number of rotatable bonds is 6. The van der Waals surface area contributed by atoms with Crippen LogP contribution in [0.5, 0.6) is 5.75 Å². The molecule has 3 amide bonds. The number of amides is 3. The second-order valence-corrected chi connectivity index (χ2v) is 10.6. The number of ether oxygens (including phenoxy) is 1. The third-order valence-corrected chi connectivity index (χ3v) is 7.24. The van der Waals surface area contributed by atoms with Crippen molar-refractivity contribution >= 4 is 40.2 Å². The summed E-state index contributed by atoms with van der Waals surface area (Å²) in [5, 5.41) is 7.50. The highest BCUT2D eigenvalue weighted by Crippen LogP contribution is 2.33. The highest BCUT2D eigenvalue weighted by molar-refractivity contribution is 8.15. The lowest BCUT2D eigenvalue weighted by atomic mass is 10.0. The molecular formula is C29H25F3N6O3S. The first-order valence-electron chi connectivity index (χ1n) is 12.8. The predicted octanol–water partition coefficient (Wildman–Crippen LogP) is 6.93. The second kappa shape index (κ2) is 11.7. The molecule has 0 bridgehead atoms. The van der Waals surface area contributed by atoms with Crippen LogP contribution in [0.25, 0.3) is 17.1 Å². The van der Waals surface area contributed by atoms with Crippen molar-refractivity contribution in [2.24, 2.45) is 4.99 Å². The Morgan fingerprint density at radius 1 is 1.10 bits per heavy atom. The topological polar surface area (TPSA) is 102 Å². The van der Waals surface area contributed by atoms with Gasteiger partial charge in [-0.25, -0.2) is 14.5 Å². The summed E-state index contributed by atoms with van der Waals surface area (Å²) in [7, 11) is 0. The highest BCUT2D eigenvalue weighted by atomic mass is 32.2. The SMILES string of the molecule is Cc1cc(-c2ncn(-c3ccc(OC(F)(F)F)cc3)n2)ccc1NC(=O)/N=C1\SCC(=O)N1c1ccccc1C(C)C. The maximum atomic E-state index is 12.9.